The Balaban J connectivity index is 1.32. The van der Waals surface area contributed by atoms with Crippen LogP contribution in [0.5, 0.6) is 0 Å². The van der Waals surface area contributed by atoms with Crippen molar-refractivity contribution >= 4 is 23.4 Å². The Hall–Kier alpha value is -3.26. The molecule has 3 aromatic rings. The maximum absolute atomic E-state index is 13.0. The zero-order valence-corrected chi connectivity index (χ0v) is 16.8. The summed E-state index contributed by atoms with van der Waals surface area (Å²) in [7, 11) is 0. The minimum absolute atomic E-state index is 0.131. The van der Waals surface area contributed by atoms with Gasteiger partial charge in [-0.1, -0.05) is 16.8 Å². The summed E-state index contributed by atoms with van der Waals surface area (Å²) < 4.78 is 18.1. The molecule has 1 aromatic heterocycles. The van der Waals surface area contributed by atoms with Gasteiger partial charge in [-0.3, -0.25) is 9.59 Å². The molecule has 0 atom stereocenters. The fourth-order valence-electron chi connectivity index (χ4n) is 2.64. The van der Waals surface area contributed by atoms with Gasteiger partial charge in [-0.15, -0.1) is 0 Å². The molecule has 0 bridgehead atoms. The first-order valence-corrected chi connectivity index (χ1v) is 9.78. The third-order valence-corrected chi connectivity index (χ3v) is 4.46. The van der Waals surface area contributed by atoms with Crippen LogP contribution in [-0.2, 0) is 11.2 Å². The van der Waals surface area contributed by atoms with Crippen molar-refractivity contribution in [1.82, 2.24) is 20.8 Å². The molecule has 0 aliphatic rings. The number of halogens is 2. The monoisotopic (exact) mass is 430 g/mol. The first-order valence-electron chi connectivity index (χ1n) is 9.40. The van der Waals surface area contributed by atoms with E-state index in [2.05, 4.69) is 20.8 Å². The highest BCUT2D eigenvalue weighted by Gasteiger charge is 2.10. The largest absolute Gasteiger partial charge is 0.354 e. The lowest BCUT2D eigenvalue weighted by Gasteiger charge is -2.07. The van der Waals surface area contributed by atoms with Gasteiger partial charge >= 0.3 is 0 Å². The molecule has 0 aliphatic heterocycles. The summed E-state index contributed by atoms with van der Waals surface area (Å²) >= 11 is 5.79. The van der Waals surface area contributed by atoms with Crippen LogP contribution in [0.1, 0.15) is 29.1 Å². The molecule has 0 radical (unpaired) electrons. The lowest BCUT2D eigenvalue weighted by Crippen LogP contribution is -2.34. The number of carbonyl (C=O) groups excluding carboxylic acids is 2. The summed E-state index contributed by atoms with van der Waals surface area (Å²) in [6.07, 6.45) is 1.28. The average Bonchev–Trinajstić information content (AvgIpc) is 3.21. The van der Waals surface area contributed by atoms with Crippen LogP contribution >= 0.6 is 11.6 Å². The van der Waals surface area contributed by atoms with Crippen LogP contribution in [0.25, 0.3) is 11.4 Å². The summed E-state index contributed by atoms with van der Waals surface area (Å²) in [4.78, 5) is 28.1. The molecule has 0 saturated carbocycles. The van der Waals surface area contributed by atoms with Crippen LogP contribution < -0.4 is 10.6 Å². The number of carbonyl (C=O) groups is 2. The molecule has 0 aliphatic carbocycles. The molecule has 30 heavy (non-hydrogen) atoms. The molecular weight excluding hydrogens is 411 g/mol. The molecule has 7 nitrogen and oxygen atoms in total. The van der Waals surface area contributed by atoms with Crippen LogP contribution in [0.4, 0.5) is 4.39 Å². The molecule has 0 spiro atoms. The quantitative estimate of drug-likeness (QED) is 0.507. The number of benzene rings is 2. The molecule has 2 N–H and O–H groups in total. The second kappa shape index (κ2) is 10.5. The van der Waals surface area contributed by atoms with Crippen LogP contribution in [0.3, 0.4) is 0 Å². The van der Waals surface area contributed by atoms with Crippen LogP contribution in [0, 0.1) is 5.82 Å². The summed E-state index contributed by atoms with van der Waals surface area (Å²) in [5.74, 6) is 0.101. The second-order valence-corrected chi connectivity index (χ2v) is 6.92. The van der Waals surface area contributed by atoms with Gasteiger partial charge < -0.3 is 15.2 Å². The molecule has 156 valence electrons. The van der Waals surface area contributed by atoms with Gasteiger partial charge in [0.15, 0.2) is 0 Å². The first-order chi connectivity index (χ1) is 14.5. The Morgan fingerprint density at radius 1 is 1.00 bits per heavy atom. The third kappa shape index (κ3) is 6.38. The number of hydrogen-bond acceptors (Lipinski definition) is 5. The molecule has 2 aromatic carbocycles. The number of aromatic nitrogens is 2. The Morgan fingerprint density at radius 2 is 1.70 bits per heavy atom. The minimum atomic E-state index is -0.335. The van der Waals surface area contributed by atoms with E-state index in [0.29, 0.717) is 60.2 Å². The standard InChI is InChI=1S/C21H20ClFN4O3/c22-16-8-4-15(5-9-16)21(29)25-13-12-24-18(28)2-1-3-19-26-20(27-30-19)14-6-10-17(23)11-7-14/h4-11H,1-3,12-13H2,(H,24,28)(H,25,29). The van der Waals surface area contributed by atoms with Crippen molar-refractivity contribution in [3.63, 3.8) is 0 Å². The Labute approximate surface area is 177 Å². The van der Waals surface area contributed by atoms with Gasteiger partial charge in [-0.2, -0.15) is 4.98 Å². The average molecular weight is 431 g/mol. The smallest absolute Gasteiger partial charge is 0.251 e. The minimum Gasteiger partial charge on any atom is -0.354 e. The fraction of sp³-hybridized carbons (Fsp3) is 0.238. The Kier molecular flexibility index (Phi) is 7.51. The highest BCUT2D eigenvalue weighted by atomic mass is 35.5. The van der Waals surface area contributed by atoms with Crippen molar-refractivity contribution in [2.75, 3.05) is 13.1 Å². The van der Waals surface area contributed by atoms with E-state index in [0.717, 1.165) is 0 Å². The van der Waals surface area contributed by atoms with Gasteiger partial charge in [0.1, 0.15) is 5.82 Å². The SMILES string of the molecule is O=C(CCCc1nc(-c2ccc(F)cc2)no1)NCCNC(=O)c1ccc(Cl)cc1. The molecule has 2 amide bonds. The molecule has 9 heteroatoms. The van der Waals surface area contributed by atoms with E-state index in [1.165, 1.54) is 12.1 Å². The summed E-state index contributed by atoms with van der Waals surface area (Å²) in [6, 6.07) is 12.4. The van der Waals surface area contributed by atoms with Crippen molar-refractivity contribution in [2.45, 2.75) is 19.3 Å². The molecule has 0 fully saturated rings. The summed E-state index contributed by atoms with van der Waals surface area (Å²) in [5, 5.41) is 9.89. The van der Waals surface area contributed by atoms with Gasteiger partial charge in [-0.25, -0.2) is 4.39 Å². The highest BCUT2D eigenvalue weighted by molar-refractivity contribution is 6.30. The number of nitrogens with one attached hydrogen (secondary N) is 2. The van der Waals surface area contributed by atoms with E-state index >= 15 is 0 Å². The van der Waals surface area contributed by atoms with Gasteiger partial charge in [-0.05, 0) is 55.0 Å². The van der Waals surface area contributed by atoms with Crippen molar-refractivity contribution in [2.24, 2.45) is 0 Å². The zero-order valence-electron chi connectivity index (χ0n) is 16.0. The van der Waals surface area contributed by atoms with E-state index in [1.807, 2.05) is 0 Å². The van der Waals surface area contributed by atoms with Crippen LogP contribution in [0.15, 0.2) is 53.1 Å². The van der Waals surface area contributed by atoms with Gasteiger partial charge in [0.25, 0.3) is 5.91 Å². The van der Waals surface area contributed by atoms with E-state index < -0.39 is 0 Å². The predicted octanol–water partition coefficient (Wildman–Crippen LogP) is 3.40. The van der Waals surface area contributed by atoms with Gasteiger partial charge in [0.2, 0.25) is 17.6 Å². The number of rotatable bonds is 9. The molecule has 3 rings (SSSR count). The maximum Gasteiger partial charge on any atom is 0.251 e. The maximum atomic E-state index is 13.0. The van der Waals surface area contributed by atoms with E-state index in [1.54, 1.807) is 36.4 Å². The van der Waals surface area contributed by atoms with Crippen LogP contribution in [0.2, 0.25) is 5.02 Å². The fourth-order valence-corrected chi connectivity index (χ4v) is 2.77. The lowest BCUT2D eigenvalue weighted by atomic mass is 10.2. The molecule has 0 unspecified atom stereocenters. The molecular formula is C21H20ClFN4O3. The summed E-state index contributed by atoms with van der Waals surface area (Å²) in [6.45, 7) is 0.644. The Morgan fingerprint density at radius 3 is 2.43 bits per heavy atom. The lowest BCUT2D eigenvalue weighted by molar-refractivity contribution is -0.121. The van der Waals surface area contributed by atoms with Gasteiger partial charge in [0, 0.05) is 42.1 Å². The summed E-state index contributed by atoms with van der Waals surface area (Å²) in [5.41, 5.74) is 1.16. The van der Waals surface area contributed by atoms with E-state index in [9.17, 15) is 14.0 Å². The van der Waals surface area contributed by atoms with Crippen molar-refractivity contribution in [3.8, 4) is 11.4 Å². The number of hydrogen-bond donors (Lipinski definition) is 2. The van der Waals surface area contributed by atoms with Crippen molar-refractivity contribution in [1.29, 1.82) is 0 Å². The normalized spacial score (nSPS) is 10.6. The number of aryl methyl sites for hydroxylation is 1. The molecule has 1 heterocycles. The Bertz CT molecular complexity index is 990. The van der Waals surface area contributed by atoms with Crippen molar-refractivity contribution in [3.05, 3.63) is 70.8 Å². The zero-order chi connectivity index (χ0) is 21.3. The number of amides is 2. The third-order valence-electron chi connectivity index (χ3n) is 4.20. The second-order valence-electron chi connectivity index (χ2n) is 6.48. The topological polar surface area (TPSA) is 97.1 Å². The van der Waals surface area contributed by atoms with E-state index in [-0.39, 0.29) is 17.6 Å². The first kappa shape index (κ1) is 21.4. The van der Waals surface area contributed by atoms with Gasteiger partial charge in [0.05, 0.1) is 0 Å². The molecule has 0 saturated heterocycles. The predicted molar refractivity (Wildman–Crippen MR) is 109 cm³/mol. The number of nitrogens with zero attached hydrogens (tertiary/aromatic N) is 2. The van der Waals surface area contributed by atoms with Crippen molar-refractivity contribution < 1.29 is 18.5 Å². The van der Waals surface area contributed by atoms with Crippen LogP contribution in [-0.4, -0.2) is 35.0 Å². The highest BCUT2D eigenvalue weighted by Crippen LogP contribution is 2.16. The van der Waals surface area contributed by atoms with E-state index in [4.69, 9.17) is 16.1 Å².